The first-order valence-electron chi connectivity index (χ1n) is 7.83. The summed E-state index contributed by atoms with van der Waals surface area (Å²) in [6.07, 6.45) is 1.71. The molecule has 1 heterocycles. The average Bonchev–Trinajstić information content (AvgIpc) is 2.91. The van der Waals surface area contributed by atoms with Crippen LogP contribution < -0.4 is 14.8 Å². The van der Waals surface area contributed by atoms with E-state index in [1.807, 2.05) is 24.3 Å². The highest BCUT2D eigenvalue weighted by Gasteiger charge is 2.31. The zero-order chi connectivity index (χ0) is 18.7. The molecule has 2 aromatic rings. The van der Waals surface area contributed by atoms with Crippen LogP contribution in [0.15, 0.2) is 48.2 Å². The van der Waals surface area contributed by atoms with Crippen LogP contribution in [0.3, 0.4) is 0 Å². The minimum atomic E-state index is -0.215. The van der Waals surface area contributed by atoms with E-state index in [1.54, 1.807) is 38.5 Å². The molecule has 0 atom stereocenters. The molecular formula is C19H17ClN2O3S. The number of nitrogens with zero attached hydrogens (tertiary/aromatic N) is 1. The third-order valence-electron chi connectivity index (χ3n) is 3.99. The number of methoxy groups -OCH3 is 2. The summed E-state index contributed by atoms with van der Waals surface area (Å²) in [5.74, 6) is 1.06. The van der Waals surface area contributed by atoms with Crippen molar-refractivity contribution >= 4 is 40.9 Å². The van der Waals surface area contributed by atoms with Gasteiger partial charge in [0.15, 0.2) is 5.11 Å². The van der Waals surface area contributed by atoms with Crippen LogP contribution in [0.5, 0.6) is 11.5 Å². The van der Waals surface area contributed by atoms with Gasteiger partial charge < -0.3 is 14.8 Å². The van der Waals surface area contributed by atoms with Crippen LogP contribution in [-0.2, 0) is 11.3 Å². The van der Waals surface area contributed by atoms with Crippen molar-refractivity contribution in [2.75, 3.05) is 14.2 Å². The molecule has 0 bridgehead atoms. The van der Waals surface area contributed by atoms with Gasteiger partial charge in [-0.3, -0.25) is 9.69 Å². The Morgan fingerprint density at radius 2 is 1.96 bits per heavy atom. The Balaban J connectivity index is 1.87. The van der Waals surface area contributed by atoms with Gasteiger partial charge in [0.1, 0.15) is 17.2 Å². The summed E-state index contributed by atoms with van der Waals surface area (Å²) in [5.41, 5.74) is 1.95. The maximum absolute atomic E-state index is 12.8. The van der Waals surface area contributed by atoms with Gasteiger partial charge in [-0.15, -0.1) is 0 Å². The molecule has 1 aliphatic heterocycles. The molecule has 2 aromatic carbocycles. The maximum atomic E-state index is 12.8. The minimum absolute atomic E-state index is 0.215. The van der Waals surface area contributed by atoms with Gasteiger partial charge >= 0.3 is 0 Å². The summed E-state index contributed by atoms with van der Waals surface area (Å²) < 4.78 is 10.6. The molecule has 0 unspecified atom stereocenters. The Labute approximate surface area is 162 Å². The molecule has 1 N–H and O–H groups in total. The van der Waals surface area contributed by atoms with Gasteiger partial charge in [0.25, 0.3) is 5.91 Å². The molecule has 0 aliphatic carbocycles. The largest absolute Gasteiger partial charge is 0.497 e. The zero-order valence-electron chi connectivity index (χ0n) is 14.3. The third-order valence-corrected chi connectivity index (χ3v) is 4.68. The second kappa shape index (κ2) is 7.76. The molecule has 134 valence electrons. The monoisotopic (exact) mass is 388 g/mol. The van der Waals surface area contributed by atoms with Gasteiger partial charge in [0, 0.05) is 16.7 Å². The van der Waals surface area contributed by atoms with Gasteiger partial charge in [-0.05, 0) is 42.1 Å². The summed E-state index contributed by atoms with van der Waals surface area (Å²) in [7, 11) is 3.15. The van der Waals surface area contributed by atoms with Crippen LogP contribution in [0.2, 0.25) is 5.02 Å². The quantitative estimate of drug-likeness (QED) is 0.626. The number of carbonyl (C=O) groups excluding carboxylic acids is 1. The molecule has 0 radical (unpaired) electrons. The molecule has 26 heavy (non-hydrogen) atoms. The molecule has 0 aromatic heterocycles. The van der Waals surface area contributed by atoms with Crippen molar-refractivity contribution in [2.24, 2.45) is 0 Å². The van der Waals surface area contributed by atoms with Crippen molar-refractivity contribution in [2.45, 2.75) is 6.54 Å². The normalized spacial score (nSPS) is 15.3. The van der Waals surface area contributed by atoms with E-state index in [1.165, 1.54) is 4.90 Å². The number of nitrogens with one attached hydrogen (secondary N) is 1. The molecular weight excluding hydrogens is 372 g/mol. The van der Waals surface area contributed by atoms with E-state index in [2.05, 4.69) is 5.32 Å². The standard InChI is InChI=1S/C19H17ClN2O3S/c1-24-14-8-7-12(17(10-14)25-2)9-16-18(23)22(19(26)21-16)11-13-5-3-4-6-15(13)20/h3-10H,11H2,1-2H3,(H,21,26)/b16-9-. The molecule has 7 heteroatoms. The molecule has 1 fully saturated rings. The lowest BCUT2D eigenvalue weighted by molar-refractivity contribution is -0.122. The van der Waals surface area contributed by atoms with Crippen molar-refractivity contribution in [3.05, 3.63) is 64.3 Å². The molecule has 1 saturated heterocycles. The topological polar surface area (TPSA) is 50.8 Å². The first-order chi connectivity index (χ1) is 12.5. The molecule has 0 spiro atoms. The molecule has 0 saturated carbocycles. The highest BCUT2D eigenvalue weighted by Crippen LogP contribution is 2.28. The number of amides is 1. The summed E-state index contributed by atoms with van der Waals surface area (Å²) in [5, 5.41) is 3.90. The SMILES string of the molecule is COc1ccc(/C=C2\NC(=S)N(Cc3ccccc3Cl)C2=O)c(OC)c1. The summed E-state index contributed by atoms with van der Waals surface area (Å²) in [6, 6.07) is 12.7. The number of carbonyl (C=O) groups is 1. The zero-order valence-corrected chi connectivity index (χ0v) is 15.9. The Morgan fingerprint density at radius 3 is 2.65 bits per heavy atom. The molecule has 3 rings (SSSR count). The van der Waals surface area contributed by atoms with Crippen LogP contribution in [0.1, 0.15) is 11.1 Å². The van der Waals surface area contributed by atoms with Gasteiger partial charge in [-0.2, -0.15) is 0 Å². The third kappa shape index (κ3) is 3.66. The Hall–Kier alpha value is -2.57. The number of halogens is 1. The smallest absolute Gasteiger partial charge is 0.276 e. The summed E-state index contributed by atoms with van der Waals surface area (Å²) >= 11 is 11.5. The van der Waals surface area contributed by atoms with E-state index in [9.17, 15) is 4.79 Å². The van der Waals surface area contributed by atoms with E-state index in [0.717, 1.165) is 11.1 Å². The number of hydrogen-bond donors (Lipinski definition) is 1. The highest BCUT2D eigenvalue weighted by atomic mass is 35.5. The predicted octanol–water partition coefficient (Wildman–Crippen LogP) is 3.62. The minimum Gasteiger partial charge on any atom is -0.497 e. The number of thiocarbonyl (C=S) groups is 1. The summed E-state index contributed by atoms with van der Waals surface area (Å²) in [6.45, 7) is 0.307. The first kappa shape index (κ1) is 18.2. The van der Waals surface area contributed by atoms with Crippen molar-refractivity contribution in [1.82, 2.24) is 10.2 Å². The van der Waals surface area contributed by atoms with Crippen molar-refractivity contribution in [3.63, 3.8) is 0 Å². The fourth-order valence-electron chi connectivity index (χ4n) is 2.61. The summed E-state index contributed by atoms with van der Waals surface area (Å²) in [4.78, 5) is 14.2. The van der Waals surface area contributed by atoms with Gasteiger partial charge in [-0.25, -0.2) is 0 Å². The molecule has 1 amide bonds. The Kier molecular flexibility index (Phi) is 5.44. The van der Waals surface area contributed by atoms with E-state index >= 15 is 0 Å². The van der Waals surface area contributed by atoms with E-state index in [-0.39, 0.29) is 5.91 Å². The number of rotatable bonds is 5. The van der Waals surface area contributed by atoms with Crippen molar-refractivity contribution in [3.8, 4) is 11.5 Å². The fourth-order valence-corrected chi connectivity index (χ4v) is 3.06. The van der Waals surface area contributed by atoms with E-state index in [4.69, 9.17) is 33.3 Å². The van der Waals surface area contributed by atoms with Crippen LogP contribution in [-0.4, -0.2) is 30.1 Å². The van der Waals surface area contributed by atoms with Crippen molar-refractivity contribution < 1.29 is 14.3 Å². The first-order valence-corrected chi connectivity index (χ1v) is 8.62. The van der Waals surface area contributed by atoms with E-state index < -0.39 is 0 Å². The number of ether oxygens (including phenoxy) is 2. The van der Waals surface area contributed by atoms with Gasteiger partial charge in [0.2, 0.25) is 0 Å². The predicted molar refractivity (Wildman–Crippen MR) is 105 cm³/mol. The van der Waals surface area contributed by atoms with Crippen LogP contribution in [0.25, 0.3) is 6.08 Å². The fraction of sp³-hybridized carbons (Fsp3) is 0.158. The lowest BCUT2D eigenvalue weighted by atomic mass is 10.1. The van der Waals surface area contributed by atoms with Crippen molar-refractivity contribution in [1.29, 1.82) is 0 Å². The Bertz CT molecular complexity index is 898. The van der Waals surface area contributed by atoms with Crippen LogP contribution in [0.4, 0.5) is 0 Å². The number of benzene rings is 2. The van der Waals surface area contributed by atoms with Crippen LogP contribution in [0, 0.1) is 0 Å². The van der Waals surface area contributed by atoms with Gasteiger partial charge in [-0.1, -0.05) is 29.8 Å². The average molecular weight is 389 g/mol. The number of hydrogen-bond acceptors (Lipinski definition) is 4. The second-order valence-electron chi connectivity index (χ2n) is 5.58. The highest BCUT2D eigenvalue weighted by molar-refractivity contribution is 7.80. The molecule has 1 aliphatic rings. The van der Waals surface area contributed by atoms with E-state index in [0.29, 0.717) is 33.9 Å². The lowest BCUT2D eigenvalue weighted by Crippen LogP contribution is -2.30. The molecule has 5 nitrogen and oxygen atoms in total. The maximum Gasteiger partial charge on any atom is 0.276 e. The lowest BCUT2D eigenvalue weighted by Gasteiger charge is -2.14. The van der Waals surface area contributed by atoms with Gasteiger partial charge in [0.05, 0.1) is 20.8 Å². The Morgan fingerprint density at radius 1 is 1.19 bits per heavy atom. The van der Waals surface area contributed by atoms with Crippen LogP contribution >= 0.6 is 23.8 Å². The second-order valence-corrected chi connectivity index (χ2v) is 6.37.